The van der Waals surface area contributed by atoms with E-state index in [0.29, 0.717) is 0 Å². The van der Waals surface area contributed by atoms with Crippen molar-refractivity contribution in [3.63, 3.8) is 0 Å². The summed E-state index contributed by atoms with van der Waals surface area (Å²) in [6.45, 7) is 0. The zero-order valence-electron chi connectivity index (χ0n) is 9.89. The summed E-state index contributed by atoms with van der Waals surface area (Å²) in [7, 11) is 0. The smallest absolute Gasteiger partial charge is 0.198 e. The molecule has 0 heterocycles. The van der Waals surface area contributed by atoms with Crippen LogP contribution >= 0.6 is 0 Å². The van der Waals surface area contributed by atoms with Crippen LogP contribution in [0, 0.1) is 34.0 Å². The Kier molecular flexibility index (Phi) is 4.15. The Hall–Kier alpha value is -2.73. The number of alkyl halides is 6. The molecule has 3 nitrogen and oxygen atoms in total. The maximum absolute atomic E-state index is 12.8. The molecule has 0 saturated carbocycles. The fraction of sp³-hybridized carbons (Fsp3) is 0.250. The molecule has 0 aliphatic heterocycles. The highest BCUT2D eigenvalue weighted by molar-refractivity contribution is 5.59. The van der Waals surface area contributed by atoms with Crippen LogP contribution in [-0.2, 0) is 18.8 Å². The van der Waals surface area contributed by atoms with Gasteiger partial charge in [0.25, 0.3) is 0 Å². The van der Waals surface area contributed by atoms with Crippen molar-refractivity contribution in [1.29, 1.82) is 15.8 Å². The van der Waals surface area contributed by atoms with Gasteiger partial charge in [0, 0.05) is 0 Å². The van der Waals surface area contributed by atoms with Gasteiger partial charge in [0.05, 0.1) is 34.7 Å². The third-order valence-electron chi connectivity index (χ3n) is 2.49. The molecule has 0 aliphatic carbocycles. The van der Waals surface area contributed by atoms with Crippen LogP contribution in [-0.4, -0.2) is 0 Å². The van der Waals surface area contributed by atoms with Crippen LogP contribution in [0.2, 0.25) is 0 Å². The van der Waals surface area contributed by atoms with E-state index < -0.39 is 46.6 Å². The fourth-order valence-corrected chi connectivity index (χ4v) is 1.72. The molecular formula is C12H3F6N3. The van der Waals surface area contributed by atoms with Gasteiger partial charge < -0.3 is 0 Å². The van der Waals surface area contributed by atoms with Crippen molar-refractivity contribution in [2.45, 2.75) is 18.8 Å². The minimum absolute atomic E-state index is 0.0887. The molecule has 0 saturated heterocycles. The monoisotopic (exact) mass is 303 g/mol. The zero-order chi connectivity index (χ0) is 16.4. The van der Waals surface area contributed by atoms with Crippen LogP contribution in [0.5, 0.6) is 0 Å². The van der Waals surface area contributed by atoms with Gasteiger partial charge in [0.1, 0.15) is 12.1 Å². The van der Waals surface area contributed by atoms with Crippen molar-refractivity contribution < 1.29 is 26.3 Å². The highest BCUT2D eigenvalue weighted by atomic mass is 19.4. The molecule has 0 aliphatic rings. The summed E-state index contributed by atoms with van der Waals surface area (Å²) in [6, 6.07) is 3.76. The van der Waals surface area contributed by atoms with Crippen molar-refractivity contribution in [1.82, 2.24) is 0 Å². The Morgan fingerprint density at radius 2 is 1.38 bits per heavy atom. The van der Waals surface area contributed by atoms with E-state index in [0.717, 1.165) is 6.07 Å². The maximum Gasteiger partial charge on any atom is 0.418 e. The van der Waals surface area contributed by atoms with Gasteiger partial charge in [-0.25, -0.2) is 0 Å². The number of rotatable bonds is 1. The molecule has 0 amide bonds. The molecule has 1 aromatic rings. The molecule has 0 unspecified atom stereocenters. The Bertz CT molecular complexity index is 695. The summed E-state index contributed by atoms with van der Waals surface area (Å²) in [4.78, 5) is 0. The van der Waals surface area contributed by atoms with Gasteiger partial charge in [0.15, 0.2) is 0 Å². The van der Waals surface area contributed by atoms with Gasteiger partial charge in [-0.15, -0.1) is 0 Å². The lowest BCUT2D eigenvalue weighted by Crippen LogP contribution is -2.20. The molecule has 1 rings (SSSR count). The molecule has 0 bridgehead atoms. The summed E-state index contributed by atoms with van der Waals surface area (Å²) < 4.78 is 76.8. The van der Waals surface area contributed by atoms with E-state index in [-0.39, 0.29) is 6.07 Å². The Labute approximate surface area is 114 Å². The van der Waals surface area contributed by atoms with E-state index in [1.807, 2.05) is 0 Å². The standard InChI is InChI=1S/C12H3F6N3/c13-11(14,15)9-3-6(1-2-19)7(4-20)8(5-21)10(9)12(16,17)18/h3H,1H2. The molecule has 108 valence electrons. The highest BCUT2D eigenvalue weighted by Gasteiger charge is 2.46. The summed E-state index contributed by atoms with van der Waals surface area (Å²) in [5, 5.41) is 26.0. The van der Waals surface area contributed by atoms with Crippen molar-refractivity contribution in [2.75, 3.05) is 0 Å². The third-order valence-corrected chi connectivity index (χ3v) is 2.49. The number of nitriles is 3. The first-order valence-corrected chi connectivity index (χ1v) is 5.09. The van der Waals surface area contributed by atoms with Gasteiger partial charge in [-0.1, -0.05) is 0 Å². The third kappa shape index (κ3) is 3.06. The van der Waals surface area contributed by atoms with Crippen LogP contribution in [0.25, 0.3) is 0 Å². The lowest BCUT2D eigenvalue weighted by Gasteiger charge is -2.19. The number of halogens is 6. The summed E-state index contributed by atoms with van der Waals surface area (Å²) in [5.74, 6) is 0. The largest absolute Gasteiger partial charge is 0.418 e. The second-order valence-corrected chi connectivity index (χ2v) is 3.76. The number of hydrogen-bond donors (Lipinski definition) is 0. The van der Waals surface area contributed by atoms with E-state index in [2.05, 4.69) is 0 Å². The lowest BCUT2D eigenvalue weighted by atomic mass is 9.90. The zero-order valence-corrected chi connectivity index (χ0v) is 9.89. The predicted molar refractivity (Wildman–Crippen MR) is 55.2 cm³/mol. The fourth-order valence-electron chi connectivity index (χ4n) is 1.72. The molecule has 21 heavy (non-hydrogen) atoms. The van der Waals surface area contributed by atoms with Crippen molar-refractivity contribution in [2.24, 2.45) is 0 Å². The Balaban J connectivity index is 3.99. The average Bonchev–Trinajstić information content (AvgIpc) is 2.35. The number of hydrogen-bond acceptors (Lipinski definition) is 3. The van der Waals surface area contributed by atoms with Crippen LogP contribution in [0.15, 0.2) is 6.07 Å². The first kappa shape index (κ1) is 16.3. The summed E-state index contributed by atoms with van der Waals surface area (Å²) in [6.07, 6.45) is -11.6. The number of benzene rings is 1. The second kappa shape index (κ2) is 5.34. The minimum atomic E-state index is -5.47. The lowest BCUT2D eigenvalue weighted by molar-refractivity contribution is -0.162. The molecule has 0 spiro atoms. The average molecular weight is 303 g/mol. The number of nitrogens with zero attached hydrogens (tertiary/aromatic N) is 3. The van der Waals surface area contributed by atoms with E-state index in [9.17, 15) is 26.3 Å². The van der Waals surface area contributed by atoms with E-state index in [4.69, 9.17) is 15.8 Å². The van der Waals surface area contributed by atoms with E-state index in [1.165, 1.54) is 12.1 Å². The molecule has 0 atom stereocenters. The molecule has 1 aromatic carbocycles. The Morgan fingerprint density at radius 1 is 0.857 bits per heavy atom. The minimum Gasteiger partial charge on any atom is -0.198 e. The van der Waals surface area contributed by atoms with Gasteiger partial charge in [0.2, 0.25) is 0 Å². The maximum atomic E-state index is 12.8. The van der Waals surface area contributed by atoms with Crippen LogP contribution in [0.1, 0.15) is 27.8 Å². The predicted octanol–water partition coefficient (Wildman–Crippen LogP) is 3.53. The first-order chi connectivity index (χ1) is 9.57. The molecule has 9 heteroatoms. The molecule has 0 aromatic heterocycles. The second-order valence-electron chi connectivity index (χ2n) is 3.76. The topological polar surface area (TPSA) is 71.4 Å². The van der Waals surface area contributed by atoms with Crippen molar-refractivity contribution in [3.8, 4) is 18.2 Å². The normalized spacial score (nSPS) is 11.4. The van der Waals surface area contributed by atoms with Crippen LogP contribution in [0.4, 0.5) is 26.3 Å². The molecule has 0 fully saturated rings. The molecule has 0 radical (unpaired) electrons. The van der Waals surface area contributed by atoms with Gasteiger partial charge in [-0.3, -0.25) is 0 Å². The SMILES string of the molecule is N#CCc1cc(C(F)(F)F)c(C(F)(F)F)c(C#N)c1C#N. The summed E-state index contributed by atoms with van der Waals surface area (Å²) >= 11 is 0. The highest BCUT2D eigenvalue weighted by Crippen LogP contribution is 2.43. The van der Waals surface area contributed by atoms with Crippen LogP contribution in [0.3, 0.4) is 0 Å². The van der Waals surface area contributed by atoms with E-state index in [1.54, 1.807) is 0 Å². The van der Waals surface area contributed by atoms with Gasteiger partial charge in [-0.05, 0) is 11.6 Å². The molecule has 0 N–H and O–H groups in total. The first-order valence-electron chi connectivity index (χ1n) is 5.09. The quantitative estimate of drug-likeness (QED) is 0.745. The summed E-state index contributed by atoms with van der Waals surface area (Å²) in [5.41, 5.74) is -7.17. The molecular weight excluding hydrogens is 300 g/mol. The van der Waals surface area contributed by atoms with Crippen molar-refractivity contribution >= 4 is 0 Å². The van der Waals surface area contributed by atoms with Crippen molar-refractivity contribution in [3.05, 3.63) is 33.9 Å². The van der Waals surface area contributed by atoms with E-state index >= 15 is 0 Å². The Morgan fingerprint density at radius 3 is 1.71 bits per heavy atom. The van der Waals surface area contributed by atoms with Gasteiger partial charge >= 0.3 is 12.4 Å². The van der Waals surface area contributed by atoms with Gasteiger partial charge in [-0.2, -0.15) is 42.1 Å². The van der Waals surface area contributed by atoms with Crippen LogP contribution < -0.4 is 0 Å².